The number of hydrogen-bond donors (Lipinski definition) is 2. The minimum absolute atomic E-state index is 0.353. The SMILES string of the molecule is COc1ccccc1NC(=O)C1=C(C)Nc2nc(-c3ccc(F)cc3)nn2C1c1cc(OC)c(OC)cc1OC. The highest BCUT2D eigenvalue weighted by Gasteiger charge is 2.37. The number of methoxy groups -OCH3 is 4. The Morgan fingerprint density at radius 1 is 0.900 bits per heavy atom. The number of para-hydroxylation sites is 2. The molecule has 3 aromatic carbocycles. The van der Waals surface area contributed by atoms with Crippen LogP contribution >= 0.6 is 0 Å². The van der Waals surface area contributed by atoms with Crippen molar-refractivity contribution in [1.82, 2.24) is 14.8 Å². The van der Waals surface area contributed by atoms with Gasteiger partial charge in [-0.2, -0.15) is 4.98 Å². The van der Waals surface area contributed by atoms with Crippen molar-refractivity contribution in [3.63, 3.8) is 0 Å². The first-order valence-electron chi connectivity index (χ1n) is 12.3. The molecule has 0 saturated carbocycles. The Labute approximate surface area is 230 Å². The van der Waals surface area contributed by atoms with Crippen LogP contribution in [0.4, 0.5) is 16.0 Å². The molecule has 0 aliphatic carbocycles. The number of halogens is 1. The van der Waals surface area contributed by atoms with E-state index in [1.54, 1.807) is 54.1 Å². The number of fused-ring (bicyclic) bond motifs is 1. The molecule has 40 heavy (non-hydrogen) atoms. The molecule has 2 N–H and O–H groups in total. The third kappa shape index (κ3) is 4.77. The lowest BCUT2D eigenvalue weighted by Gasteiger charge is -2.30. The van der Waals surface area contributed by atoms with Crippen molar-refractivity contribution in [3.05, 3.63) is 83.3 Å². The van der Waals surface area contributed by atoms with Crippen LogP contribution in [0.1, 0.15) is 18.5 Å². The number of nitrogens with zero attached hydrogens (tertiary/aromatic N) is 3. The van der Waals surface area contributed by atoms with Crippen molar-refractivity contribution in [2.75, 3.05) is 39.1 Å². The molecule has 1 aliphatic heterocycles. The van der Waals surface area contributed by atoms with Gasteiger partial charge in [0.05, 0.1) is 39.7 Å². The van der Waals surface area contributed by atoms with Crippen LogP contribution in [0.5, 0.6) is 23.0 Å². The third-order valence-electron chi connectivity index (χ3n) is 6.59. The number of nitrogens with one attached hydrogen (secondary N) is 2. The summed E-state index contributed by atoms with van der Waals surface area (Å²) in [5, 5.41) is 10.9. The lowest BCUT2D eigenvalue weighted by Crippen LogP contribution is -2.32. The number of amides is 1. The van der Waals surface area contributed by atoms with E-state index in [1.165, 1.54) is 40.6 Å². The van der Waals surface area contributed by atoms with Crippen LogP contribution in [0.3, 0.4) is 0 Å². The Bertz CT molecular complexity index is 1600. The summed E-state index contributed by atoms with van der Waals surface area (Å²) < 4.78 is 37.4. The Hall–Kier alpha value is -5.06. The predicted molar refractivity (Wildman–Crippen MR) is 148 cm³/mol. The molecule has 0 radical (unpaired) electrons. The molecule has 1 atom stereocenters. The molecule has 1 aliphatic rings. The van der Waals surface area contributed by atoms with Crippen LogP contribution in [-0.4, -0.2) is 49.1 Å². The summed E-state index contributed by atoms with van der Waals surface area (Å²) in [5.41, 5.74) is 2.62. The summed E-state index contributed by atoms with van der Waals surface area (Å²) in [6.45, 7) is 1.78. The van der Waals surface area contributed by atoms with E-state index in [9.17, 15) is 9.18 Å². The van der Waals surface area contributed by atoms with Gasteiger partial charge in [0.15, 0.2) is 17.3 Å². The zero-order valence-electron chi connectivity index (χ0n) is 22.6. The number of hydrogen-bond acceptors (Lipinski definition) is 8. The van der Waals surface area contributed by atoms with Gasteiger partial charge in [0, 0.05) is 22.9 Å². The summed E-state index contributed by atoms with van der Waals surface area (Å²) in [7, 11) is 6.12. The molecule has 0 bridgehead atoms. The number of allylic oxidation sites excluding steroid dienone is 1. The minimum atomic E-state index is -0.789. The summed E-state index contributed by atoms with van der Waals surface area (Å²) >= 11 is 0. The molecule has 206 valence electrons. The number of aromatic nitrogens is 3. The fourth-order valence-electron chi connectivity index (χ4n) is 4.66. The quantitative estimate of drug-likeness (QED) is 0.317. The second-order valence-corrected chi connectivity index (χ2v) is 8.88. The molecule has 5 rings (SSSR count). The lowest BCUT2D eigenvalue weighted by atomic mass is 9.93. The molecular weight excluding hydrogens is 517 g/mol. The van der Waals surface area contributed by atoms with E-state index in [0.717, 1.165) is 0 Å². The number of rotatable bonds is 8. The summed E-state index contributed by atoms with van der Waals surface area (Å²) in [4.78, 5) is 18.6. The van der Waals surface area contributed by atoms with Gasteiger partial charge in [-0.3, -0.25) is 4.79 Å². The number of benzene rings is 3. The van der Waals surface area contributed by atoms with Gasteiger partial charge in [-0.15, -0.1) is 5.10 Å². The number of carbonyl (C=O) groups excluding carboxylic acids is 1. The minimum Gasteiger partial charge on any atom is -0.496 e. The van der Waals surface area contributed by atoms with Gasteiger partial charge >= 0.3 is 0 Å². The van der Waals surface area contributed by atoms with Crippen LogP contribution in [-0.2, 0) is 4.79 Å². The highest BCUT2D eigenvalue weighted by molar-refractivity contribution is 6.06. The monoisotopic (exact) mass is 545 g/mol. The van der Waals surface area contributed by atoms with Gasteiger partial charge < -0.3 is 29.6 Å². The van der Waals surface area contributed by atoms with Crippen LogP contribution in [0.15, 0.2) is 71.9 Å². The van der Waals surface area contributed by atoms with E-state index in [0.29, 0.717) is 62.9 Å². The molecule has 4 aromatic rings. The number of anilines is 2. The van der Waals surface area contributed by atoms with Gasteiger partial charge in [-0.1, -0.05) is 12.1 Å². The van der Waals surface area contributed by atoms with Crippen molar-refractivity contribution in [2.24, 2.45) is 0 Å². The average molecular weight is 546 g/mol. The Balaban J connectivity index is 1.69. The smallest absolute Gasteiger partial charge is 0.255 e. The molecule has 0 fully saturated rings. The molecule has 11 heteroatoms. The van der Waals surface area contributed by atoms with E-state index >= 15 is 0 Å². The fraction of sp³-hybridized carbons (Fsp3) is 0.207. The number of carbonyl (C=O) groups is 1. The summed E-state index contributed by atoms with van der Waals surface area (Å²) in [5.74, 6) is 1.86. The normalized spacial score (nSPS) is 14.2. The molecule has 1 aromatic heterocycles. The first kappa shape index (κ1) is 26.5. The van der Waals surface area contributed by atoms with Crippen LogP contribution in [0.25, 0.3) is 11.4 Å². The zero-order chi connectivity index (χ0) is 28.4. The van der Waals surface area contributed by atoms with E-state index in [2.05, 4.69) is 15.6 Å². The maximum atomic E-state index is 14.0. The predicted octanol–water partition coefficient (Wildman–Crippen LogP) is 5.05. The molecule has 10 nitrogen and oxygen atoms in total. The van der Waals surface area contributed by atoms with E-state index < -0.39 is 6.04 Å². The van der Waals surface area contributed by atoms with Crippen molar-refractivity contribution in [2.45, 2.75) is 13.0 Å². The van der Waals surface area contributed by atoms with Gasteiger partial charge in [0.2, 0.25) is 5.95 Å². The standard InChI is InChI=1S/C29H28FN5O5/c1-16-25(28(36)32-20-8-6-7-9-21(20)37-2)26(19-14-23(39-4)24(40-5)15-22(19)38-3)35-29(31-16)33-27(34-35)17-10-12-18(30)13-11-17/h6-15,26H,1-5H3,(H,32,36)(H,31,33,34). The maximum Gasteiger partial charge on any atom is 0.255 e. The Kier molecular flexibility index (Phi) is 7.28. The van der Waals surface area contributed by atoms with E-state index in [-0.39, 0.29) is 11.7 Å². The molecule has 1 unspecified atom stereocenters. The first-order valence-corrected chi connectivity index (χ1v) is 12.3. The van der Waals surface area contributed by atoms with Crippen molar-refractivity contribution in [3.8, 4) is 34.4 Å². The van der Waals surface area contributed by atoms with Gasteiger partial charge in [0.1, 0.15) is 23.4 Å². The summed E-state index contributed by atoms with van der Waals surface area (Å²) in [6, 6.07) is 15.7. The van der Waals surface area contributed by atoms with Crippen LogP contribution < -0.4 is 29.6 Å². The maximum absolute atomic E-state index is 14.0. The van der Waals surface area contributed by atoms with Gasteiger partial charge in [-0.05, 0) is 49.4 Å². The van der Waals surface area contributed by atoms with E-state index in [1.807, 2.05) is 6.07 Å². The Morgan fingerprint density at radius 2 is 1.55 bits per heavy atom. The van der Waals surface area contributed by atoms with Crippen LogP contribution in [0, 0.1) is 5.82 Å². The lowest BCUT2D eigenvalue weighted by molar-refractivity contribution is -0.113. The topological polar surface area (TPSA) is 109 Å². The zero-order valence-corrected chi connectivity index (χ0v) is 22.6. The van der Waals surface area contributed by atoms with Crippen molar-refractivity contribution < 1.29 is 28.1 Å². The van der Waals surface area contributed by atoms with Gasteiger partial charge in [0.25, 0.3) is 5.91 Å². The molecule has 0 spiro atoms. The Morgan fingerprint density at radius 3 is 2.23 bits per heavy atom. The van der Waals surface area contributed by atoms with Crippen molar-refractivity contribution >= 4 is 17.5 Å². The molecule has 0 saturated heterocycles. The van der Waals surface area contributed by atoms with E-state index in [4.69, 9.17) is 24.0 Å². The third-order valence-corrected chi connectivity index (χ3v) is 6.59. The van der Waals surface area contributed by atoms with Gasteiger partial charge in [-0.25, -0.2) is 9.07 Å². The largest absolute Gasteiger partial charge is 0.496 e. The van der Waals surface area contributed by atoms with Crippen LogP contribution in [0.2, 0.25) is 0 Å². The number of ether oxygens (including phenoxy) is 4. The summed E-state index contributed by atoms with van der Waals surface area (Å²) in [6.07, 6.45) is 0. The second-order valence-electron chi connectivity index (χ2n) is 8.88. The first-order chi connectivity index (χ1) is 19.4. The average Bonchev–Trinajstić information content (AvgIpc) is 3.39. The highest BCUT2D eigenvalue weighted by Crippen LogP contribution is 2.44. The molecule has 2 heterocycles. The molecule has 1 amide bonds. The van der Waals surface area contributed by atoms with Crippen molar-refractivity contribution in [1.29, 1.82) is 0 Å². The fourth-order valence-corrected chi connectivity index (χ4v) is 4.66. The molecular formula is C29H28FN5O5. The highest BCUT2D eigenvalue weighted by atomic mass is 19.1. The second kappa shape index (κ2) is 11.0.